The van der Waals surface area contributed by atoms with E-state index in [1.54, 1.807) is 0 Å². The summed E-state index contributed by atoms with van der Waals surface area (Å²) in [6.07, 6.45) is 0. The summed E-state index contributed by atoms with van der Waals surface area (Å²) in [4.78, 5) is 2.26. The zero-order valence-corrected chi connectivity index (χ0v) is 16.9. The molecule has 0 saturated carbocycles. The summed E-state index contributed by atoms with van der Waals surface area (Å²) in [7, 11) is 6.36. The van der Waals surface area contributed by atoms with E-state index in [1.807, 2.05) is 6.07 Å². The van der Waals surface area contributed by atoms with Crippen LogP contribution in [-0.4, -0.2) is 32.4 Å². The van der Waals surface area contributed by atoms with Crippen LogP contribution in [0.1, 0.15) is 11.1 Å². The number of aryl methyl sites for hydroxylation is 2. The molecule has 0 aromatic heterocycles. The van der Waals surface area contributed by atoms with E-state index >= 15 is 0 Å². The molecule has 3 rings (SSSR count). The number of ether oxygens (including phenoxy) is 1. The molecule has 0 atom stereocenters. The second-order valence-corrected chi connectivity index (χ2v) is 8.07. The number of quaternary nitrogens is 1. The minimum Gasteiger partial charge on any atom is -0.445 e. The van der Waals surface area contributed by atoms with Gasteiger partial charge in [-0.15, -0.1) is 0 Å². The molecule has 3 aromatic carbocycles. The molecular weight excluding hydrogens is 332 g/mol. The molecule has 0 heterocycles. The first-order valence-electron chi connectivity index (χ1n) is 9.29. The lowest BCUT2D eigenvalue weighted by atomic mass is 10.1. The molecule has 0 amide bonds. The van der Waals surface area contributed by atoms with E-state index in [0.717, 1.165) is 27.3 Å². The number of anilines is 3. The molecule has 140 valence electrons. The van der Waals surface area contributed by atoms with Crippen molar-refractivity contribution in [2.24, 2.45) is 0 Å². The highest BCUT2D eigenvalue weighted by Crippen LogP contribution is 2.36. The largest absolute Gasteiger partial charge is 0.445 e. The average Bonchev–Trinajstić information content (AvgIpc) is 2.63. The van der Waals surface area contributed by atoms with Gasteiger partial charge in [-0.2, -0.15) is 0 Å². The molecule has 0 bridgehead atoms. The maximum absolute atomic E-state index is 6.02. The summed E-state index contributed by atoms with van der Waals surface area (Å²) >= 11 is 0. The predicted octanol–water partition coefficient (Wildman–Crippen LogP) is 5.82. The summed E-state index contributed by atoms with van der Waals surface area (Å²) in [6, 6.07) is 25.5. The zero-order chi connectivity index (χ0) is 19.4. The number of benzene rings is 3. The molecule has 0 saturated heterocycles. The molecule has 0 spiro atoms. The number of hydrogen-bond acceptors (Lipinski definition) is 2. The normalized spacial score (nSPS) is 11.3. The van der Waals surface area contributed by atoms with Gasteiger partial charge in [0.15, 0.2) is 0 Å². The molecule has 3 aromatic rings. The minimum atomic E-state index is 0.624. The molecule has 3 heteroatoms. The van der Waals surface area contributed by atoms with Gasteiger partial charge in [-0.3, -0.25) is 4.48 Å². The van der Waals surface area contributed by atoms with E-state index in [4.69, 9.17) is 4.74 Å². The molecule has 0 fully saturated rings. The summed E-state index contributed by atoms with van der Waals surface area (Å²) in [6.45, 7) is 4.84. The molecule has 0 aliphatic carbocycles. The Morgan fingerprint density at radius 3 is 1.70 bits per heavy atom. The van der Waals surface area contributed by atoms with Gasteiger partial charge in [0.1, 0.15) is 5.75 Å². The molecule has 27 heavy (non-hydrogen) atoms. The van der Waals surface area contributed by atoms with Gasteiger partial charge in [-0.05, 0) is 50.2 Å². The van der Waals surface area contributed by atoms with Crippen LogP contribution >= 0.6 is 0 Å². The predicted molar refractivity (Wildman–Crippen MR) is 114 cm³/mol. The van der Waals surface area contributed by atoms with Crippen LogP contribution in [0.2, 0.25) is 0 Å². The van der Waals surface area contributed by atoms with Gasteiger partial charge in [0, 0.05) is 23.1 Å². The van der Waals surface area contributed by atoms with Crippen molar-refractivity contribution >= 4 is 17.1 Å². The summed E-state index contributed by atoms with van der Waals surface area (Å²) < 4.78 is 6.77. The molecule has 0 N–H and O–H groups in total. The molecule has 0 radical (unpaired) electrons. The first-order chi connectivity index (χ1) is 12.8. The van der Waals surface area contributed by atoms with Crippen molar-refractivity contribution < 1.29 is 9.22 Å². The summed E-state index contributed by atoms with van der Waals surface area (Å²) in [5.41, 5.74) is 5.85. The van der Waals surface area contributed by atoms with Gasteiger partial charge >= 0.3 is 0 Å². The lowest BCUT2D eigenvalue weighted by Gasteiger charge is -2.27. The highest BCUT2D eigenvalue weighted by molar-refractivity contribution is 5.77. The average molecular weight is 362 g/mol. The Hall–Kier alpha value is -2.78. The fourth-order valence-electron chi connectivity index (χ4n) is 2.82. The third-order valence-corrected chi connectivity index (χ3v) is 4.28. The maximum atomic E-state index is 6.02. The fourth-order valence-corrected chi connectivity index (χ4v) is 2.82. The van der Waals surface area contributed by atoms with E-state index in [0.29, 0.717) is 6.73 Å². The van der Waals surface area contributed by atoms with Crippen molar-refractivity contribution in [3.05, 3.63) is 83.9 Å². The van der Waals surface area contributed by atoms with Crippen LogP contribution in [0.15, 0.2) is 72.8 Å². The van der Waals surface area contributed by atoms with E-state index in [2.05, 4.69) is 107 Å². The monoisotopic (exact) mass is 361 g/mol. The standard InChI is InChI=1S/C24H29N2O/c1-19-9-13-21(14-10-19)25(22-15-11-20(2)12-16-22)23-7-6-8-24(17-23)27-18-26(3,4)5/h6-17H,18H2,1-5H3/q+1. The van der Waals surface area contributed by atoms with Crippen LogP contribution in [0, 0.1) is 13.8 Å². The Balaban J connectivity index is 2.00. The van der Waals surface area contributed by atoms with E-state index in [9.17, 15) is 0 Å². The zero-order valence-electron chi connectivity index (χ0n) is 16.9. The van der Waals surface area contributed by atoms with Crippen molar-refractivity contribution in [3.63, 3.8) is 0 Å². The maximum Gasteiger partial charge on any atom is 0.223 e. The highest BCUT2D eigenvalue weighted by Gasteiger charge is 2.14. The van der Waals surface area contributed by atoms with Gasteiger partial charge in [0.2, 0.25) is 6.73 Å². The van der Waals surface area contributed by atoms with Crippen molar-refractivity contribution in [2.75, 3.05) is 32.8 Å². The van der Waals surface area contributed by atoms with Crippen molar-refractivity contribution in [1.29, 1.82) is 0 Å². The molecule has 0 aliphatic heterocycles. The quantitative estimate of drug-likeness (QED) is 0.405. The van der Waals surface area contributed by atoms with E-state index in [1.165, 1.54) is 11.1 Å². The third kappa shape index (κ3) is 5.11. The first kappa shape index (κ1) is 19.0. The first-order valence-corrected chi connectivity index (χ1v) is 9.29. The number of hydrogen-bond donors (Lipinski definition) is 0. The molecule has 0 unspecified atom stereocenters. The van der Waals surface area contributed by atoms with Crippen molar-refractivity contribution in [1.82, 2.24) is 0 Å². The van der Waals surface area contributed by atoms with Crippen LogP contribution in [0.3, 0.4) is 0 Å². The van der Waals surface area contributed by atoms with Crippen LogP contribution in [0.25, 0.3) is 0 Å². The van der Waals surface area contributed by atoms with Crippen LogP contribution in [0.4, 0.5) is 17.1 Å². The Bertz CT molecular complexity index is 832. The van der Waals surface area contributed by atoms with Gasteiger partial charge in [-0.1, -0.05) is 41.5 Å². The highest BCUT2D eigenvalue weighted by atomic mass is 16.5. The molecule has 0 aliphatic rings. The Morgan fingerprint density at radius 1 is 0.704 bits per heavy atom. The second-order valence-electron chi connectivity index (χ2n) is 8.07. The number of nitrogens with zero attached hydrogens (tertiary/aromatic N) is 2. The lowest BCUT2D eigenvalue weighted by molar-refractivity contribution is -0.886. The lowest BCUT2D eigenvalue weighted by Crippen LogP contribution is -2.38. The Morgan fingerprint density at radius 2 is 1.22 bits per heavy atom. The summed E-state index contributed by atoms with van der Waals surface area (Å²) in [5, 5.41) is 0. The van der Waals surface area contributed by atoms with Crippen LogP contribution in [0.5, 0.6) is 5.75 Å². The van der Waals surface area contributed by atoms with Gasteiger partial charge in [0.25, 0.3) is 0 Å². The number of rotatable bonds is 6. The Labute approximate surface area is 163 Å². The van der Waals surface area contributed by atoms with Crippen LogP contribution in [-0.2, 0) is 0 Å². The molecular formula is C24H29N2O+. The van der Waals surface area contributed by atoms with Gasteiger partial charge in [-0.25, -0.2) is 0 Å². The van der Waals surface area contributed by atoms with E-state index in [-0.39, 0.29) is 0 Å². The fraction of sp³-hybridized carbons (Fsp3) is 0.250. The molecule has 3 nitrogen and oxygen atoms in total. The topological polar surface area (TPSA) is 12.5 Å². The second kappa shape index (κ2) is 7.85. The summed E-state index contributed by atoms with van der Waals surface area (Å²) in [5.74, 6) is 0.879. The third-order valence-electron chi connectivity index (χ3n) is 4.28. The smallest absolute Gasteiger partial charge is 0.223 e. The van der Waals surface area contributed by atoms with Crippen molar-refractivity contribution in [2.45, 2.75) is 13.8 Å². The van der Waals surface area contributed by atoms with Gasteiger partial charge < -0.3 is 9.64 Å². The SMILES string of the molecule is Cc1ccc(N(c2ccc(C)cc2)c2cccc(OC[N+](C)(C)C)c2)cc1. The van der Waals surface area contributed by atoms with Gasteiger partial charge in [0.05, 0.1) is 21.1 Å². The van der Waals surface area contributed by atoms with Crippen molar-refractivity contribution in [3.8, 4) is 5.75 Å². The van der Waals surface area contributed by atoms with Crippen LogP contribution < -0.4 is 9.64 Å². The minimum absolute atomic E-state index is 0.624. The Kier molecular flexibility index (Phi) is 5.52. The van der Waals surface area contributed by atoms with E-state index < -0.39 is 0 Å².